The standard InChI is InChI=1S/C20H28N4O/c1-15-17(11-21-24(15)5)22-18(25)12-23(4)14-20(13-19(20,2)3)16-9-7-6-8-10-16/h6-11H,12-14H2,1-5H3,(H,22,25)/t20-/m1/s1. The van der Waals surface area contributed by atoms with Crippen LogP contribution in [-0.4, -0.2) is 40.7 Å². The van der Waals surface area contributed by atoms with Crippen LogP contribution >= 0.6 is 0 Å². The maximum Gasteiger partial charge on any atom is 0.238 e. The zero-order valence-corrected chi connectivity index (χ0v) is 15.8. The van der Waals surface area contributed by atoms with Gasteiger partial charge in [-0.1, -0.05) is 44.2 Å². The Morgan fingerprint density at radius 2 is 1.96 bits per heavy atom. The van der Waals surface area contributed by atoms with E-state index in [9.17, 15) is 4.79 Å². The van der Waals surface area contributed by atoms with Crippen molar-refractivity contribution in [2.75, 3.05) is 25.5 Å². The van der Waals surface area contributed by atoms with Crippen molar-refractivity contribution in [2.24, 2.45) is 12.5 Å². The third-order valence-electron chi connectivity index (χ3n) is 5.70. The second kappa shape index (κ2) is 6.30. The summed E-state index contributed by atoms with van der Waals surface area (Å²) in [7, 11) is 3.89. The highest BCUT2D eigenvalue weighted by Gasteiger charge is 2.61. The Morgan fingerprint density at radius 3 is 2.48 bits per heavy atom. The summed E-state index contributed by atoms with van der Waals surface area (Å²) < 4.78 is 1.76. The molecule has 5 nitrogen and oxygen atoms in total. The molecule has 0 saturated heterocycles. The minimum atomic E-state index is 0.000248. The van der Waals surface area contributed by atoms with Gasteiger partial charge in [0, 0.05) is 19.0 Å². The quantitative estimate of drug-likeness (QED) is 0.879. The first kappa shape index (κ1) is 17.7. The Balaban J connectivity index is 1.64. The minimum absolute atomic E-state index is 0.000248. The Kier molecular flexibility index (Phi) is 4.45. The van der Waals surface area contributed by atoms with Crippen LogP contribution in [0, 0.1) is 12.3 Å². The molecule has 1 amide bonds. The van der Waals surface area contributed by atoms with Crippen molar-refractivity contribution in [3.63, 3.8) is 0 Å². The molecule has 0 spiro atoms. The fourth-order valence-corrected chi connectivity index (χ4v) is 3.89. The van der Waals surface area contributed by atoms with E-state index < -0.39 is 0 Å². The average molecular weight is 340 g/mol. The topological polar surface area (TPSA) is 50.2 Å². The van der Waals surface area contributed by atoms with Crippen LogP contribution < -0.4 is 5.32 Å². The van der Waals surface area contributed by atoms with E-state index >= 15 is 0 Å². The molecule has 1 saturated carbocycles. The summed E-state index contributed by atoms with van der Waals surface area (Å²) >= 11 is 0. The summed E-state index contributed by atoms with van der Waals surface area (Å²) in [5.74, 6) is 0.000248. The van der Waals surface area contributed by atoms with E-state index in [4.69, 9.17) is 0 Å². The molecule has 2 aromatic rings. The van der Waals surface area contributed by atoms with Crippen LogP contribution in [0.5, 0.6) is 0 Å². The van der Waals surface area contributed by atoms with Gasteiger partial charge in [-0.05, 0) is 31.4 Å². The smallest absolute Gasteiger partial charge is 0.238 e. The lowest BCUT2D eigenvalue weighted by Crippen LogP contribution is -2.37. The third kappa shape index (κ3) is 3.33. The Labute approximate surface area is 150 Å². The first-order chi connectivity index (χ1) is 11.7. The number of aromatic nitrogens is 2. The van der Waals surface area contributed by atoms with Crippen LogP contribution in [0.25, 0.3) is 0 Å². The van der Waals surface area contributed by atoms with Crippen LogP contribution in [0.3, 0.4) is 0 Å². The maximum absolute atomic E-state index is 12.4. The van der Waals surface area contributed by atoms with E-state index in [1.807, 2.05) is 21.0 Å². The third-order valence-corrected chi connectivity index (χ3v) is 5.70. The van der Waals surface area contributed by atoms with Gasteiger partial charge in [-0.15, -0.1) is 0 Å². The van der Waals surface area contributed by atoms with Gasteiger partial charge < -0.3 is 5.32 Å². The van der Waals surface area contributed by atoms with Crippen molar-refractivity contribution in [1.82, 2.24) is 14.7 Å². The molecule has 1 aliphatic rings. The highest BCUT2D eigenvalue weighted by atomic mass is 16.2. The highest BCUT2D eigenvalue weighted by Crippen LogP contribution is 2.64. The molecule has 1 aromatic carbocycles. The largest absolute Gasteiger partial charge is 0.322 e. The van der Waals surface area contributed by atoms with Crippen LogP contribution in [0.2, 0.25) is 0 Å². The number of nitrogens with zero attached hydrogens (tertiary/aromatic N) is 3. The fraction of sp³-hybridized carbons (Fsp3) is 0.500. The van der Waals surface area contributed by atoms with E-state index in [2.05, 4.69) is 59.5 Å². The Hall–Kier alpha value is -2.14. The molecule has 0 bridgehead atoms. The molecule has 0 aliphatic heterocycles. The van der Waals surface area contributed by atoms with E-state index in [0.29, 0.717) is 6.54 Å². The number of hydrogen-bond acceptors (Lipinski definition) is 3. The van der Waals surface area contributed by atoms with Crippen molar-refractivity contribution >= 4 is 11.6 Å². The summed E-state index contributed by atoms with van der Waals surface area (Å²) in [6.07, 6.45) is 2.85. The number of nitrogens with one attached hydrogen (secondary N) is 1. The molecule has 0 radical (unpaired) electrons. The average Bonchev–Trinajstić information content (AvgIpc) is 2.98. The molecule has 1 aliphatic carbocycles. The zero-order valence-electron chi connectivity index (χ0n) is 15.8. The van der Waals surface area contributed by atoms with Gasteiger partial charge >= 0.3 is 0 Å². The number of benzene rings is 1. The lowest BCUT2D eigenvalue weighted by Gasteiger charge is -2.27. The van der Waals surface area contributed by atoms with Crippen LogP contribution in [0.15, 0.2) is 36.5 Å². The summed E-state index contributed by atoms with van der Waals surface area (Å²) in [4.78, 5) is 14.5. The molecule has 1 fully saturated rings. The van der Waals surface area contributed by atoms with Gasteiger partial charge in [0.05, 0.1) is 24.1 Å². The molecule has 25 heavy (non-hydrogen) atoms. The predicted octanol–water partition coefficient (Wildman–Crippen LogP) is 2.97. The first-order valence-electron chi connectivity index (χ1n) is 8.78. The van der Waals surface area contributed by atoms with Crippen LogP contribution in [0.1, 0.15) is 31.5 Å². The molecule has 134 valence electrons. The summed E-state index contributed by atoms with van der Waals surface area (Å²) in [5.41, 5.74) is 3.51. The van der Waals surface area contributed by atoms with E-state index in [-0.39, 0.29) is 16.7 Å². The fourth-order valence-electron chi connectivity index (χ4n) is 3.89. The molecule has 0 unspecified atom stereocenters. The van der Waals surface area contributed by atoms with Crippen molar-refractivity contribution < 1.29 is 4.79 Å². The number of hydrogen-bond donors (Lipinski definition) is 1. The highest BCUT2D eigenvalue weighted by molar-refractivity contribution is 5.92. The minimum Gasteiger partial charge on any atom is -0.322 e. The number of carbonyl (C=O) groups excluding carboxylic acids is 1. The molecule has 5 heteroatoms. The normalized spacial score (nSPS) is 21.4. The maximum atomic E-state index is 12.4. The second-order valence-corrected chi connectivity index (χ2v) is 8.00. The second-order valence-electron chi connectivity index (χ2n) is 8.00. The van der Waals surface area contributed by atoms with Gasteiger partial charge in [-0.2, -0.15) is 5.10 Å². The van der Waals surface area contributed by atoms with Crippen molar-refractivity contribution in [3.05, 3.63) is 47.8 Å². The van der Waals surface area contributed by atoms with E-state index in [1.165, 1.54) is 5.56 Å². The summed E-state index contributed by atoms with van der Waals surface area (Å²) in [5, 5.41) is 7.13. The number of anilines is 1. The van der Waals surface area contributed by atoms with Crippen molar-refractivity contribution in [1.29, 1.82) is 0 Å². The van der Waals surface area contributed by atoms with Crippen molar-refractivity contribution in [2.45, 2.75) is 32.6 Å². The number of amides is 1. The zero-order chi connectivity index (χ0) is 18.2. The van der Waals surface area contributed by atoms with Crippen LogP contribution in [-0.2, 0) is 17.3 Å². The SMILES string of the molecule is Cc1c(NC(=O)CN(C)C[C@@]2(c3ccccc3)CC2(C)C)cnn1C. The summed E-state index contributed by atoms with van der Waals surface area (Å²) in [6.45, 7) is 7.83. The van der Waals surface area contributed by atoms with E-state index in [0.717, 1.165) is 24.3 Å². The molecular weight excluding hydrogens is 312 g/mol. The predicted molar refractivity (Wildman–Crippen MR) is 101 cm³/mol. The number of rotatable bonds is 6. The number of carbonyl (C=O) groups is 1. The van der Waals surface area contributed by atoms with Gasteiger partial charge in [0.25, 0.3) is 0 Å². The van der Waals surface area contributed by atoms with Gasteiger partial charge in [-0.25, -0.2) is 0 Å². The molecule has 1 N–H and O–H groups in total. The van der Waals surface area contributed by atoms with Gasteiger partial charge in [0.1, 0.15) is 0 Å². The van der Waals surface area contributed by atoms with Gasteiger partial charge in [0.15, 0.2) is 0 Å². The number of aryl methyl sites for hydroxylation is 1. The Bertz CT molecular complexity index is 765. The van der Waals surface area contributed by atoms with Gasteiger partial charge in [-0.3, -0.25) is 14.4 Å². The lowest BCUT2D eigenvalue weighted by molar-refractivity contribution is -0.117. The summed E-state index contributed by atoms with van der Waals surface area (Å²) in [6, 6.07) is 10.7. The van der Waals surface area contributed by atoms with Gasteiger partial charge in [0.2, 0.25) is 5.91 Å². The number of likely N-dealkylation sites (N-methyl/N-ethyl adjacent to an activating group) is 1. The first-order valence-corrected chi connectivity index (χ1v) is 8.78. The Morgan fingerprint density at radius 1 is 1.32 bits per heavy atom. The molecule has 1 aromatic heterocycles. The molecular formula is C20H28N4O. The van der Waals surface area contributed by atoms with E-state index in [1.54, 1.807) is 10.9 Å². The lowest BCUT2D eigenvalue weighted by atomic mass is 9.87. The molecule has 1 atom stereocenters. The van der Waals surface area contributed by atoms with Crippen LogP contribution in [0.4, 0.5) is 5.69 Å². The van der Waals surface area contributed by atoms with Crippen molar-refractivity contribution in [3.8, 4) is 0 Å². The molecule has 1 heterocycles. The monoisotopic (exact) mass is 340 g/mol. The molecule has 3 rings (SSSR count).